The number of hydrogen-bond acceptors (Lipinski definition) is 6. The molecule has 1 aliphatic rings. The molecule has 0 saturated heterocycles. The van der Waals surface area contributed by atoms with Gasteiger partial charge in [-0.15, -0.1) is 0 Å². The molecule has 1 atom stereocenters. The topological polar surface area (TPSA) is 66.9 Å². The number of benzene rings is 2. The van der Waals surface area contributed by atoms with Gasteiger partial charge in [-0.3, -0.25) is 9.78 Å². The number of esters is 1. The van der Waals surface area contributed by atoms with Gasteiger partial charge in [0.05, 0.1) is 31.9 Å². The van der Waals surface area contributed by atoms with E-state index in [1.807, 2.05) is 64.1 Å². The minimum atomic E-state index is -0.713. The Labute approximate surface area is 182 Å². The van der Waals surface area contributed by atoms with Crippen LogP contribution in [0.3, 0.4) is 0 Å². The van der Waals surface area contributed by atoms with Crippen LogP contribution in [0.5, 0.6) is 11.5 Å². The first-order valence-electron chi connectivity index (χ1n) is 10.3. The second-order valence-electron chi connectivity index (χ2n) is 8.27. The minimum Gasteiger partial charge on any atom is -0.497 e. The Morgan fingerprint density at radius 3 is 2.58 bits per heavy atom. The molecule has 0 spiro atoms. The van der Waals surface area contributed by atoms with Gasteiger partial charge in [0.15, 0.2) is 11.5 Å². The summed E-state index contributed by atoms with van der Waals surface area (Å²) in [5.74, 6) is -0.234. The van der Waals surface area contributed by atoms with Crippen molar-refractivity contribution in [2.24, 2.45) is 0 Å². The highest BCUT2D eigenvalue weighted by atomic mass is 16.7. The Kier molecular flexibility index (Phi) is 5.69. The first-order chi connectivity index (χ1) is 14.8. The van der Waals surface area contributed by atoms with Crippen LogP contribution < -0.4 is 9.47 Å². The number of ether oxygens (including phenoxy) is 4. The summed E-state index contributed by atoms with van der Waals surface area (Å²) in [7, 11) is 1.65. The molecule has 0 radical (unpaired) electrons. The number of methoxy groups -OCH3 is 1. The maximum atomic E-state index is 13.1. The van der Waals surface area contributed by atoms with E-state index in [0.29, 0.717) is 24.7 Å². The molecule has 6 nitrogen and oxygen atoms in total. The number of rotatable bonds is 4. The lowest BCUT2D eigenvalue weighted by atomic mass is 9.97. The van der Waals surface area contributed by atoms with E-state index in [1.165, 1.54) is 0 Å². The molecule has 2 heterocycles. The van der Waals surface area contributed by atoms with Gasteiger partial charge in [-0.05, 0) is 56.2 Å². The second kappa shape index (κ2) is 8.29. The summed E-state index contributed by atoms with van der Waals surface area (Å²) in [5, 5.41) is 2.09. The maximum absolute atomic E-state index is 13.1. The molecule has 0 fully saturated rings. The van der Waals surface area contributed by atoms with Crippen molar-refractivity contribution in [3.63, 3.8) is 0 Å². The van der Waals surface area contributed by atoms with Gasteiger partial charge in [-0.25, -0.2) is 0 Å². The van der Waals surface area contributed by atoms with E-state index < -0.39 is 11.7 Å². The molecule has 0 N–H and O–H groups in total. The molecule has 1 aromatic heterocycles. The first kappa shape index (κ1) is 21.3. The van der Waals surface area contributed by atoms with Crippen LogP contribution in [-0.2, 0) is 27.5 Å². The Bertz CT molecular complexity index is 1140. The standard InChI is InChI=1S/C25H27NO5/c1-15(17-6-7-19-11-21(28-5)9-8-18(19)10-17)24(27)31-23-16(2)26-12-20-13-29-25(3,4)30-14-22(20)23/h6-12,15H,13-14H2,1-5H3/t15-/m1/s1. The average Bonchev–Trinajstić information content (AvgIpc) is 2.92. The van der Waals surface area contributed by atoms with Crippen LogP contribution in [0.15, 0.2) is 42.6 Å². The Morgan fingerprint density at radius 1 is 1.10 bits per heavy atom. The summed E-state index contributed by atoms with van der Waals surface area (Å²) in [6.45, 7) is 8.04. The highest BCUT2D eigenvalue weighted by Crippen LogP contribution is 2.33. The van der Waals surface area contributed by atoms with Crippen molar-refractivity contribution in [2.75, 3.05) is 7.11 Å². The summed E-state index contributed by atoms with van der Waals surface area (Å²) in [6, 6.07) is 11.8. The molecule has 0 bridgehead atoms. The summed E-state index contributed by atoms with van der Waals surface area (Å²) in [4.78, 5) is 17.5. The van der Waals surface area contributed by atoms with Gasteiger partial charge in [0.1, 0.15) is 5.75 Å². The second-order valence-corrected chi connectivity index (χ2v) is 8.27. The van der Waals surface area contributed by atoms with Gasteiger partial charge in [0, 0.05) is 17.3 Å². The molecule has 0 saturated carbocycles. The molecular formula is C25H27NO5. The van der Waals surface area contributed by atoms with Gasteiger partial charge in [-0.2, -0.15) is 0 Å². The predicted molar refractivity (Wildman–Crippen MR) is 117 cm³/mol. The molecule has 0 amide bonds. The molecule has 4 rings (SSSR count). The molecule has 1 aliphatic heterocycles. The van der Waals surface area contributed by atoms with Crippen LogP contribution in [0, 0.1) is 6.92 Å². The molecule has 162 valence electrons. The van der Waals surface area contributed by atoms with Crippen LogP contribution >= 0.6 is 0 Å². The maximum Gasteiger partial charge on any atom is 0.318 e. The zero-order valence-corrected chi connectivity index (χ0v) is 18.5. The smallest absolute Gasteiger partial charge is 0.318 e. The number of aryl methyl sites for hydroxylation is 1. The molecular weight excluding hydrogens is 394 g/mol. The van der Waals surface area contributed by atoms with Gasteiger partial charge >= 0.3 is 5.97 Å². The SMILES string of the molecule is COc1ccc2cc([C@@H](C)C(=O)Oc3c(C)ncc4c3COC(C)(C)OC4)ccc2c1. The Hall–Kier alpha value is -2.96. The quantitative estimate of drug-likeness (QED) is 0.550. The number of nitrogens with zero attached hydrogens (tertiary/aromatic N) is 1. The van der Waals surface area contributed by atoms with Crippen LogP contribution in [-0.4, -0.2) is 23.9 Å². The van der Waals surface area contributed by atoms with Crippen molar-refractivity contribution in [3.8, 4) is 11.5 Å². The number of fused-ring (bicyclic) bond motifs is 2. The summed E-state index contributed by atoms with van der Waals surface area (Å²) >= 11 is 0. The van der Waals surface area contributed by atoms with Gasteiger partial charge in [-0.1, -0.05) is 24.3 Å². The highest BCUT2D eigenvalue weighted by molar-refractivity contribution is 5.87. The lowest BCUT2D eigenvalue weighted by Crippen LogP contribution is -2.25. The zero-order valence-electron chi connectivity index (χ0n) is 18.5. The number of hydrogen-bond donors (Lipinski definition) is 0. The number of carbonyl (C=O) groups is 1. The van der Waals surface area contributed by atoms with E-state index in [9.17, 15) is 4.79 Å². The van der Waals surface area contributed by atoms with E-state index in [1.54, 1.807) is 13.3 Å². The van der Waals surface area contributed by atoms with Crippen LogP contribution in [0.25, 0.3) is 10.8 Å². The summed E-state index contributed by atoms with van der Waals surface area (Å²) < 4.78 is 22.8. The summed E-state index contributed by atoms with van der Waals surface area (Å²) in [5.41, 5.74) is 3.21. The van der Waals surface area contributed by atoms with E-state index in [2.05, 4.69) is 4.98 Å². The van der Waals surface area contributed by atoms with Gasteiger partial charge < -0.3 is 18.9 Å². The van der Waals surface area contributed by atoms with Gasteiger partial charge in [0.2, 0.25) is 0 Å². The van der Waals surface area contributed by atoms with Crippen molar-refractivity contribution < 1.29 is 23.7 Å². The number of carbonyl (C=O) groups excluding carboxylic acids is 1. The number of pyridine rings is 1. The normalized spacial score (nSPS) is 16.3. The third kappa shape index (κ3) is 4.40. The molecule has 6 heteroatoms. The van der Waals surface area contributed by atoms with Crippen molar-refractivity contribution in [2.45, 2.75) is 52.6 Å². The van der Waals surface area contributed by atoms with Crippen molar-refractivity contribution in [1.29, 1.82) is 0 Å². The van der Waals surface area contributed by atoms with E-state index in [0.717, 1.165) is 33.2 Å². The minimum absolute atomic E-state index is 0.292. The molecule has 0 aliphatic carbocycles. The summed E-state index contributed by atoms with van der Waals surface area (Å²) in [6.07, 6.45) is 1.76. The van der Waals surface area contributed by atoms with Crippen LogP contribution in [0.2, 0.25) is 0 Å². The fourth-order valence-electron chi connectivity index (χ4n) is 3.60. The Morgan fingerprint density at radius 2 is 1.81 bits per heavy atom. The van der Waals surface area contributed by atoms with E-state index in [-0.39, 0.29) is 5.97 Å². The third-order valence-electron chi connectivity index (χ3n) is 5.67. The monoisotopic (exact) mass is 421 g/mol. The fourth-order valence-corrected chi connectivity index (χ4v) is 3.60. The molecule has 3 aromatic rings. The third-order valence-corrected chi connectivity index (χ3v) is 5.67. The lowest BCUT2D eigenvalue weighted by molar-refractivity contribution is -0.219. The first-order valence-corrected chi connectivity index (χ1v) is 10.3. The largest absolute Gasteiger partial charge is 0.497 e. The fraction of sp³-hybridized carbons (Fsp3) is 0.360. The Balaban J connectivity index is 1.59. The van der Waals surface area contributed by atoms with E-state index >= 15 is 0 Å². The zero-order chi connectivity index (χ0) is 22.2. The predicted octanol–water partition coefficient (Wildman–Crippen LogP) is 5.04. The molecule has 31 heavy (non-hydrogen) atoms. The van der Waals surface area contributed by atoms with Crippen molar-refractivity contribution in [3.05, 3.63) is 65.0 Å². The average molecular weight is 421 g/mol. The van der Waals surface area contributed by atoms with Crippen molar-refractivity contribution in [1.82, 2.24) is 4.98 Å². The van der Waals surface area contributed by atoms with E-state index in [4.69, 9.17) is 18.9 Å². The molecule has 0 unspecified atom stereocenters. The number of aromatic nitrogens is 1. The highest BCUT2D eigenvalue weighted by Gasteiger charge is 2.28. The van der Waals surface area contributed by atoms with Crippen molar-refractivity contribution >= 4 is 16.7 Å². The lowest BCUT2D eigenvalue weighted by Gasteiger charge is -2.22. The van der Waals surface area contributed by atoms with Crippen LogP contribution in [0.1, 0.15) is 49.1 Å². The van der Waals surface area contributed by atoms with Crippen LogP contribution in [0.4, 0.5) is 0 Å². The molecule has 2 aromatic carbocycles. The van der Waals surface area contributed by atoms with Gasteiger partial charge in [0.25, 0.3) is 0 Å².